The lowest BCUT2D eigenvalue weighted by Crippen LogP contribution is -2.02. The van der Waals surface area contributed by atoms with Crippen LogP contribution in [0, 0.1) is 13.7 Å². The van der Waals surface area contributed by atoms with Gasteiger partial charge in [-0.25, -0.2) is 0 Å². The summed E-state index contributed by atoms with van der Waals surface area (Å²) in [7, 11) is 0. The van der Waals surface area contributed by atoms with Crippen molar-refractivity contribution < 1.29 is 4.92 Å². The fraction of sp³-hybridized carbons (Fsp3) is 0.111. The van der Waals surface area contributed by atoms with E-state index in [0.717, 1.165) is 13.7 Å². The quantitative estimate of drug-likeness (QED) is 0.492. The number of halogens is 2. The van der Waals surface area contributed by atoms with Gasteiger partial charge in [0.15, 0.2) is 0 Å². The molecule has 0 atom stereocenters. The van der Waals surface area contributed by atoms with Gasteiger partial charge in [0.05, 0.1) is 4.92 Å². The molecule has 0 amide bonds. The maximum Gasteiger partial charge on any atom is 0.270 e. The molecular weight excluding hydrogens is 375 g/mol. The third-order valence-electron chi connectivity index (χ3n) is 1.63. The van der Waals surface area contributed by atoms with E-state index in [-0.39, 0.29) is 5.69 Å². The number of nitrogens with zero attached hydrogens (tertiary/aromatic N) is 1. The van der Waals surface area contributed by atoms with Crippen molar-refractivity contribution in [2.24, 2.45) is 0 Å². The zero-order chi connectivity index (χ0) is 11.4. The number of nitro groups is 1. The van der Waals surface area contributed by atoms with Crippen LogP contribution in [-0.4, -0.2) is 11.5 Å². The summed E-state index contributed by atoms with van der Waals surface area (Å²) >= 11 is 5.28. The van der Waals surface area contributed by atoms with Crippen LogP contribution in [0.3, 0.4) is 0 Å². The minimum absolute atomic E-state index is 0.0996. The molecule has 1 aromatic rings. The van der Waals surface area contributed by atoms with E-state index in [1.54, 1.807) is 6.07 Å². The van der Waals surface area contributed by atoms with E-state index >= 15 is 0 Å². The average molecular weight is 383 g/mol. The molecule has 4 nitrogen and oxygen atoms in total. The van der Waals surface area contributed by atoms with Gasteiger partial charge in [-0.15, -0.1) is 0 Å². The molecule has 6 heteroatoms. The maximum absolute atomic E-state index is 10.5. The molecule has 1 aromatic carbocycles. The number of hydrogen-bond donors (Lipinski definition) is 1. The van der Waals surface area contributed by atoms with E-state index < -0.39 is 4.92 Å². The lowest BCUT2D eigenvalue weighted by Gasteiger charge is -2.06. The summed E-state index contributed by atoms with van der Waals surface area (Å²) in [6.45, 7) is 4.28. The molecule has 0 aliphatic heterocycles. The van der Waals surface area contributed by atoms with Crippen LogP contribution < -0.4 is 5.32 Å². The molecule has 0 bridgehead atoms. The van der Waals surface area contributed by atoms with Gasteiger partial charge < -0.3 is 5.32 Å². The van der Waals surface area contributed by atoms with Crippen LogP contribution in [0.5, 0.6) is 0 Å². The van der Waals surface area contributed by atoms with Gasteiger partial charge in [-0.1, -0.05) is 22.5 Å². The predicted molar refractivity (Wildman–Crippen MR) is 72.4 cm³/mol. The van der Waals surface area contributed by atoms with Crippen molar-refractivity contribution >= 4 is 49.9 Å². The van der Waals surface area contributed by atoms with Gasteiger partial charge in [0.1, 0.15) is 0 Å². The summed E-state index contributed by atoms with van der Waals surface area (Å²) in [6, 6.07) is 4.69. The molecule has 0 saturated heterocycles. The third-order valence-corrected chi connectivity index (χ3v) is 2.81. The Balaban J connectivity index is 2.83. The van der Waals surface area contributed by atoms with Crippen molar-refractivity contribution in [3.05, 3.63) is 42.9 Å². The van der Waals surface area contributed by atoms with Crippen molar-refractivity contribution in [2.45, 2.75) is 0 Å². The molecule has 0 spiro atoms. The Kier molecular flexibility index (Phi) is 4.52. The number of rotatable bonds is 4. The molecule has 0 aliphatic rings. The van der Waals surface area contributed by atoms with Crippen molar-refractivity contribution in [1.82, 2.24) is 0 Å². The first-order valence-corrected chi connectivity index (χ1v) is 5.89. The Morgan fingerprint density at radius 2 is 2.33 bits per heavy atom. The summed E-state index contributed by atoms with van der Waals surface area (Å²) in [5, 5.41) is 13.6. The number of benzene rings is 1. The minimum Gasteiger partial charge on any atom is -0.380 e. The molecule has 1 rings (SSSR count). The average Bonchev–Trinajstić information content (AvgIpc) is 2.15. The van der Waals surface area contributed by atoms with Crippen LogP contribution in [0.25, 0.3) is 0 Å². The van der Waals surface area contributed by atoms with Gasteiger partial charge in [-0.3, -0.25) is 10.1 Å². The van der Waals surface area contributed by atoms with E-state index in [2.05, 4.69) is 50.4 Å². The van der Waals surface area contributed by atoms with Gasteiger partial charge in [-0.2, -0.15) is 0 Å². The second kappa shape index (κ2) is 5.45. The Morgan fingerprint density at radius 1 is 1.67 bits per heavy atom. The maximum atomic E-state index is 10.5. The number of anilines is 1. The normalized spacial score (nSPS) is 9.73. The molecule has 0 aromatic heterocycles. The highest BCUT2D eigenvalue weighted by atomic mass is 127. The number of hydrogen-bond acceptors (Lipinski definition) is 3. The number of nitrogens with one attached hydrogen (secondary N) is 1. The summed E-state index contributed by atoms with van der Waals surface area (Å²) < 4.78 is 1.65. The Labute approximate surface area is 109 Å². The molecule has 0 aliphatic carbocycles. The van der Waals surface area contributed by atoms with E-state index in [9.17, 15) is 10.1 Å². The minimum atomic E-state index is -0.407. The summed E-state index contributed by atoms with van der Waals surface area (Å²) in [5.74, 6) is 0. The van der Waals surface area contributed by atoms with Gasteiger partial charge in [-0.05, 0) is 28.7 Å². The Bertz CT molecular complexity index is 409. The van der Waals surface area contributed by atoms with Crippen LogP contribution >= 0.6 is 38.5 Å². The molecule has 15 heavy (non-hydrogen) atoms. The van der Waals surface area contributed by atoms with Gasteiger partial charge in [0, 0.05) is 32.4 Å². The highest BCUT2D eigenvalue weighted by Gasteiger charge is 2.08. The highest BCUT2D eigenvalue weighted by Crippen LogP contribution is 2.23. The number of non-ortho nitro benzene ring substituents is 1. The zero-order valence-electron chi connectivity index (χ0n) is 7.67. The molecule has 0 fully saturated rings. The molecule has 1 N–H and O–H groups in total. The van der Waals surface area contributed by atoms with Crippen LogP contribution in [0.4, 0.5) is 11.4 Å². The second-order valence-corrected chi connectivity index (χ2v) is 5.08. The second-order valence-electron chi connectivity index (χ2n) is 2.79. The van der Waals surface area contributed by atoms with Crippen LogP contribution in [0.15, 0.2) is 29.3 Å². The topological polar surface area (TPSA) is 55.2 Å². The van der Waals surface area contributed by atoms with Crippen molar-refractivity contribution in [2.75, 3.05) is 11.9 Å². The standard InChI is InChI=1S/C9H8BrIN2O2/c1-6(10)5-12-9-3-2-7(13(14)15)4-8(9)11/h2-4,12H,1,5H2. The summed E-state index contributed by atoms with van der Waals surface area (Å²) in [6.07, 6.45) is 0. The third kappa shape index (κ3) is 3.78. The molecule has 0 heterocycles. The molecule has 0 unspecified atom stereocenters. The first-order chi connectivity index (χ1) is 7.00. The molecule has 0 radical (unpaired) electrons. The van der Waals surface area contributed by atoms with E-state index in [1.807, 2.05) is 0 Å². The van der Waals surface area contributed by atoms with E-state index in [0.29, 0.717) is 6.54 Å². The SMILES string of the molecule is C=C(Br)CNc1ccc([N+](=O)[O-])cc1I. The van der Waals surface area contributed by atoms with Gasteiger partial charge in [0.2, 0.25) is 0 Å². The van der Waals surface area contributed by atoms with Gasteiger partial charge >= 0.3 is 0 Å². The fourth-order valence-electron chi connectivity index (χ4n) is 0.952. The fourth-order valence-corrected chi connectivity index (χ4v) is 1.78. The first kappa shape index (κ1) is 12.4. The van der Waals surface area contributed by atoms with Crippen molar-refractivity contribution in [1.29, 1.82) is 0 Å². The van der Waals surface area contributed by atoms with Crippen molar-refractivity contribution in [3.8, 4) is 0 Å². The van der Waals surface area contributed by atoms with Crippen LogP contribution in [0.2, 0.25) is 0 Å². The smallest absolute Gasteiger partial charge is 0.270 e. The van der Waals surface area contributed by atoms with Gasteiger partial charge in [0.25, 0.3) is 5.69 Å². The molecule has 80 valence electrons. The first-order valence-electron chi connectivity index (χ1n) is 4.02. The predicted octanol–water partition coefficient (Wildman–Crippen LogP) is 3.52. The summed E-state index contributed by atoms with van der Waals surface area (Å²) in [5.41, 5.74) is 0.962. The van der Waals surface area contributed by atoms with E-state index in [4.69, 9.17) is 0 Å². The lowest BCUT2D eigenvalue weighted by molar-refractivity contribution is -0.384. The van der Waals surface area contributed by atoms with Crippen LogP contribution in [0.1, 0.15) is 0 Å². The Hall–Kier alpha value is -0.630. The highest BCUT2D eigenvalue weighted by molar-refractivity contribution is 14.1. The van der Waals surface area contributed by atoms with E-state index in [1.165, 1.54) is 12.1 Å². The zero-order valence-corrected chi connectivity index (χ0v) is 11.4. The molecular formula is C9H8BrIN2O2. The monoisotopic (exact) mass is 382 g/mol. The Morgan fingerprint density at radius 3 is 2.80 bits per heavy atom. The number of nitro benzene ring substituents is 1. The lowest BCUT2D eigenvalue weighted by atomic mass is 10.3. The van der Waals surface area contributed by atoms with Crippen molar-refractivity contribution in [3.63, 3.8) is 0 Å². The molecule has 0 saturated carbocycles. The summed E-state index contributed by atoms with van der Waals surface area (Å²) in [4.78, 5) is 10.1. The largest absolute Gasteiger partial charge is 0.380 e. The van der Waals surface area contributed by atoms with Crippen LogP contribution in [-0.2, 0) is 0 Å².